The normalized spacial score (nSPS) is 11.5. The van der Waals surface area contributed by atoms with Crippen molar-refractivity contribution in [2.75, 3.05) is 6.61 Å². The quantitative estimate of drug-likeness (QED) is 0.327. The molecule has 0 N–H and O–H groups in total. The maximum absolute atomic E-state index is 12.1. The number of aromatic nitrogens is 1. The summed E-state index contributed by atoms with van der Waals surface area (Å²) in [4.78, 5) is 16.6. The summed E-state index contributed by atoms with van der Waals surface area (Å²) in [6, 6.07) is 2.13. The Kier molecular flexibility index (Phi) is 10.6. The molecule has 0 aliphatic carbocycles. The number of pyridine rings is 1. The monoisotopic (exact) mass is 441 g/mol. The standard InChI is InChI=1S/C8H8NO2.3C4H9.Sn/c1-2-11-8(10)7-4-3-5-9-6-7;3*1-3-4-2;/h4-6H,2H2,1H3;3*1,3-4H2,2H3;. The molecule has 1 rings (SSSR count). The molecule has 136 valence electrons. The van der Waals surface area contributed by atoms with E-state index in [0.29, 0.717) is 12.2 Å². The Morgan fingerprint density at radius 1 is 0.958 bits per heavy atom. The van der Waals surface area contributed by atoms with Gasteiger partial charge in [0.25, 0.3) is 0 Å². The van der Waals surface area contributed by atoms with Crippen LogP contribution in [0.3, 0.4) is 0 Å². The van der Waals surface area contributed by atoms with Crippen molar-refractivity contribution in [1.29, 1.82) is 0 Å². The van der Waals surface area contributed by atoms with Crippen LogP contribution in [0, 0.1) is 0 Å². The van der Waals surface area contributed by atoms with Crippen molar-refractivity contribution < 1.29 is 9.53 Å². The van der Waals surface area contributed by atoms with Gasteiger partial charge in [0.1, 0.15) is 0 Å². The molecule has 0 aliphatic heterocycles. The first-order valence-corrected chi connectivity index (χ1v) is 17.2. The average molecular weight is 440 g/mol. The molecule has 0 fully saturated rings. The maximum atomic E-state index is 12.1. The van der Waals surface area contributed by atoms with E-state index in [2.05, 4.69) is 38.0 Å². The van der Waals surface area contributed by atoms with Crippen molar-refractivity contribution in [1.82, 2.24) is 4.98 Å². The van der Waals surface area contributed by atoms with E-state index in [1.54, 1.807) is 6.20 Å². The van der Waals surface area contributed by atoms with E-state index in [0.717, 1.165) is 0 Å². The molecule has 0 aliphatic rings. The molecule has 0 amide bonds. The van der Waals surface area contributed by atoms with Crippen molar-refractivity contribution in [2.24, 2.45) is 0 Å². The van der Waals surface area contributed by atoms with Crippen LogP contribution < -0.4 is 3.58 Å². The number of unbranched alkanes of at least 4 members (excludes halogenated alkanes) is 3. The fraction of sp³-hybridized carbons (Fsp3) is 0.700. The Bertz CT molecular complexity index is 469. The Hall–Kier alpha value is -0.581. The van der Waals surface area contributed by atoms with Crippen molar-refractivity contribution in [3.63, 3.8) is 0 Å². The van der Waals surface area contributed by atoms with Gasteiger partial charge in [-0.25, -0.2) is 0 Å². The number of nitrogens with zero attached hydrogens (tertiary/aromatic N) is 1. The van der Waals surface area contributed by atoms with Gasteiger partial charge in [-0.05, 0) is 0 Å². The SMILES string of the molecule is CCC[CH2][Sn]([CH2]CCC)([CH2]CCC)[c]1cncc(C(=O)OCC)c1. The molecule has 1 aromatic heterocycles. The first-order valence-electron chi connectivity index (χ1n) is 9.76. The van der Waals surface area contributed by atoms with E-state index in [-0.39, 0.29) is 5.97 Å². The van der Waals surface area contributed by atoms with Crippen LogP contribution in [0.2, 0.25) is 13.3 Å². The minimum absolute atomic E-state index is 0.228. The Morgan fingerprint density at radius 2 is 1.50 bits per heavy atom. The summed E-state index contributed by atoms with van der Waals surface area (Å²) in [5, 5.41) is 0. The molecule has 0 radical (unpaired) electrons. The van der Waals surface area contributed by atoms with Crippen molar-refractivity contribution in [3.8, 4) is 0 Å². The molecule has 3 nitrogen and oxygen atoms in total. The summed E-state index contributed by atoms with van der Waals surface area (Å²) in [5.41, 5.74) is 0.639. The third-order valence-corrected chi connectivity index (χ3v) is 20.4. The van der Waals surface area contributed by atoms with Crippen LogP contribution in [0.4, 0.5) is 0 Å². The van der Waals surface area contributed by atoms with Gasteiger partial charge >= 0.3 is 153 Å². The molecule has 0 atom stereocenters. The molecule has 0 saturated heterocycles. The number of rotatable bonds is 12. The van der Waals surface area contributed by atoms with E-state index < -0.39 is 18.4 Å². The van der Waals surface area contributed by atoms with Gasteiger partial charge in [0, 0.05) is 0 Å². The zero-order valence-electron chi connectivity index (χ0n) is 16.1. The number of carbonyl (C=O) groups excluding carboxylic acids is 1. The molecular weight excluding hydrogens is 405 g/mol. The second kappa shape index (κ2) is 11.9. The van der Waals surface area contributed by atoms with Crippen LogP contribution in [0.25, 0.3) is 0 Å². The first-order chi connectivity index (χ1) is 11.6. The number of hydrogen-bond donors (Lipinski definition) is 0. The van der Waals surface area contributed by atoms with Crippen LogP contribution >= 0.6 is 0 Å². The predicted molar refractivity (Wildman–Crippen MR) is 105 cm³/mol. The number of hydrogen-bond acceptors (Lipinski definition) is 3. The van der Waals surface area contributed by atoms with Crippen molar-refractivity contribution in [2.45, 2.75) is 79.5 Å². The third-order valence-electron chi connectivity index (χ3n) is 4.89. The predicted octanol–water partition coefficient (Wildman–Crippen LogP) is 5.31. The number of carbonyl (C=O) groups is 1. The number of ether oxygens (including phenoxy) is 1. The van der Waals surface area contributed by atoms with Gasteiger partial charge < -0.3 is 0 Å². The van der Waals surface area contributed by atoms with E-state index in [1.165, 1.54) is 55.4 Å². The van der Waals surface area contributed by atoms with Gasteiger partial charge in [-0.2, -0.15) is 0 Å². The fourth-order valence-electron chi connectivity index (χ4n) is 3.41. The molecule has 0 saturated carbocycles. The van der Waals surface area contributed by atoms with E-state index in [9.17, 15) is 4.79 Å². The van der Waals surface area contributed by atoms with Gasteiger partial charge in [0.05, 0.1) is 0 Å². The van der Waals surface area contributed by atoms with Gasteiger partial charge in [-0.1, -0.05) is 0 Å². The van der Waals surface area contributed by atoms with E-state index in [4.69, 9.17) is 4.74 Å². The van der Waals surface area contributed by atoms with Crippen LogP contribution in [-0.4, -0.2) is 35.9 Å². The van der Waals surface area contributed by atoms with Crippen molar-refractivity contribution in [3.05, 3.63) is 24.0 Å². The Balaban J connectivity index is 3.18. The molecule has 24 heavy (non-hydrogen) atoms. The van der Waals surface area contributed by atoms with Gasteiger partial charge in [-0.15, -0.1) is 0 Å². The fourth-order valence-corrected chi connectivity index (χ4v) is 19.2. The molecule has 4 heteroatoms. The second-order valence-electron chi connectivity index (χ2n) is 6.77. The van der Waals surface area contributed by atoms with Crippen LogP contribution in [0.1, 0.15) is 76.6 Å². The molecule has 1 heterocycles. The van der Waals surface area contributed by atoms with Gasteiger partial charge in [0.15, 0.2) is 0 Å². The number of esters is 1. The summed E-state index contributed by atoms with van der Waals surface area (Å²) < 4.78 is 10.8. The van der Waals surface area contributed by atoms with E-state index in [1.807, 2.05) is 6.92 Å². The van der Waals surface area contributed by atoms with Crippen LogP contribution in [-0.2, 0) is 4.74 Å². The topological polar surface area (TPSA) is 39.2 Å². The molecule has 0 spiro atoms. The summed E-state index contributed by atoms with van der Waals surface area (Å²) in [5.74, 6) is -0.228. The van der Waals surface area contributed by atoms with E-state index >= 15 is 0 Å². The van der Waals surface area contributed by atoms with Crippen LogP contribution in [0.15, 0.2) is 18.5 Å². The molecule has 1 aromatic rings. The summed E-state index contributed by atoms with van der Waals surface area (Å²) in [6.45, 7) is 9.11. The molecule has 0 unspecified atom stereocenters. The Labute approximate surface area is 152 Å². The molecule has 0 bridgehead atoms. The van der Waals surface area contributed by atoms with Crippen molar-refractivity contribution >= 4 is 27.9 Å². The summed E-state index contributed by atoms with van der Waals surface area (Å²) >= 11 is -2.50. The average Bonchev–Trinajstić information content (AvgIpc) is 2.62. The van der Waals surface area contributed by atoms with Gasteiger partial charge in [0.2, 0.25) is 0 Å². The molecule has 0 aromatic carbocycles. The molecular formula is C20H35NO2Sn. The zero-order chi connectivity index (χ0) is 17.8. The summed E-state index contributed by atoms with van der Waals surface area (Å²) in [7, 11) is 0. The third kappa shape index (κ3) is 6.38. The minimum atomic E-state index is -2.50. The summed E-state index contributed by atoms with van der Waals surface area (Å²) in [6.07, 6.45) is 11.4. The first kappa shape index (κ1) is 21.5. The second-order valence-corrected chi connectivity index (χ2v) is 20.0. The Morgan fingerprint density at radius 3 is 1.96 bits per heavy atom. The zero-order valence-corrected chi connectivity index (χ0v) is 18.9. The van der Waals surface area contributed by atoms with Crippen LogP contribution in [0.5, 0.6) is 0 Å². The van der Waals surface area contributed by atoms with Gasteiger partial charge in [-0.3, -0.25) is 0 Å².